The lowest BCUT2D eigenvalue weighted by atomic mass is 10.1. The summed E-state index contributed by atoms with van der Waals surface area (Å²) in [6.07, 6.45) is 0.386. The molecule has 1 amide bonds. The summed E-state index contributed by atoms with van der Waals surface area (Å²) < 4.78 is 0. The van der Waals surface area contributed by atoms with Crippen molar-refractivity contribution < 1.29 is 4.79 Å². The third-order valence-electron chi connectivity index (χ3n) is 3.42. The number of nitrogens with one attached hydrogen (secondary N) is 2. The highest BCUT2D eigenvalue weighted by Gasteiger charge is 2.06. The highest BCUT2D eigenvalue weighted by molar-refractivity contribution is 6.33. The fourth-order valence-electron chi connectivity index (χ4n) is 2.30. The maximum absolute atomic E-state index is 11.9. The van der Waals surface area contributed by atoms with Crippen LogP contribution in [0.25, 0.3) is 0 Å². The molecule has 2 aromatic carbocycles. The van der Waals surface area contributed by atoms with E-state index < -0.39 is 0 Å². The molecule has 0 heterocycles. The predicted molar refractivity (Wildman–Crippen MR) is 93.8 cm³/mol. The van der Waals surface area contributed by atoms with Gasteiger partial charge in [-0.1, -0.05) is 35.4 Å². The Kier molecular flexibility index (Phi) is 5.45. The molecular weight excluding hydrogens is 296 g/mol. The van der Waals surface area contributed by atoms with E-state index in [1.807, 2.05) is 51.1 Å². The molecule has 0 atom stereocenters. The first-order valence-electron chi connectivity index (χ1n) is 7.33. The molecule has 0 aliphatic carbocycles. The van der Waals surface area contributed by atoms with Crippen LogP contribution in [0.2, 0.25) is 5.02 Å². The molecular formula is C18H21ClN2O. The van der Waals surface area contributed by atoms with Gasteiger partial charge in [0.05, 0.1) is 10.7 Å². The SMILES string of the molecule is Cc1ccc(NC(=O)CCNc2c(C)cc(C)cc2Cl)cc1. The van der Waals surface area contributed by atoms with E-state index in [1.54, 1.807) is 0 Å². The topological polar surface area (TPSA) is 41.1 Å². The number of amides is 1. The molecule has 0 fully saturated rings. The van der Waals surface area contributed by atoms with Crippen molar-refractivity contribution in [1.29, 1.82) is 0 Å². The molecule has 2 N–H and O–H groups in total. The molecule has 2 aromatic rings. The van der Waals surface area contributed by atoms with Crippen molar-refractivity contribution in [3.8, 4) is 0 Å². The van der Waals surface area contributed by atoms with Crippen molar-refractivity contribution in [1.82, 2.24) is 0 Å². The fourth-order valence-corrected chi connectivity index (χ4v) is 2.69. The summed E-state index contributed by atoms with van der Waals surface area (Å²) in [6, 6.07) is 11.7. The molecule has 2 rings (SSSR count). The highest BCUT2D eigenvalue weighted by atomic mass is 35.5. The van der Waals surface area contributed by atoms with E-state index in [1.165, 1.54) is 5.56 Å². The second-order valence-corrected chi connectivity index (χ2v) is 5.94. The summed E-state index contributed by atoms with van der Waals surface area (Å²) >= 11 is 6.23. The number of rotatable bonds is 5. The molecule has 22 heavy (non-hydrogen) atoms. The smallest absolute Gasteiger partial charge is 0.226 e. The number of halogens is 1. The molecule has 0 unspecified atom stereocenters. The molecule has 3 nitrogen and oxygen atoms in total. The van der Waals surface area contributed by atoms with Crippen LogP contribution >= 0.6 is 11.6 Å². The van der Waals surface area contributed by atoms with Gasteiger partial charge in [0.15, 0.2) is 0 Å². The van der Waals surface area contributed by atoms with Crippen molar-refractivity contribution in [2.75, 3.05) is 17.2 Å². The number of aryl methyl sites for hydroxylation is 3. The molecule has 0 aliphatic rings. The normalized spacial score (nSPS) is 10.4. The number of benzene rings is 2. The van der Waals surface area contributed by atoms with Gasteiger partial charge in [0, 0.05) is 18.7 Å². The van der Waals surface area contributed by atoms with Crippen LogP contribution in [0.15, 0.2) is 36.4 Å². The van der Waals surface area contributed by atoms with Crippen LogP contribution < -0.4 is 10.6 Å². The Bertz CT molecular complexity index is 642. The first kappa shape index (κ1) is 16.4. The maximum Gasteiger partial charge on any atom is 0.226 e. The van der Waals surface area contributed by atoms with E-state index in [4.69, 9.17) is 11.6 Å². The summed E-state index contributed by atoms with van der Waals surface area (Å²) in [5, 5.41) is 6.81. The Morgan fingerprint density at radius 1 is 1.05 bits per heavy atom. The minimum atomic E-state index is -0.0164. The van der Waals surface area contributed by atoms with Gasteiger partial charge in [-0.25, -0.2) is 0 Å². The largest absolute Gasteiger partial charge is 0.383 e. The van der Waals surface area contributed by atoms with Crippen LogP contribution in [-0.4, -0.2) is 12.5 Å². The van der Waals surface area contributed by atoms with E-state index in [-0.39, 0.29) is 5.91 Å². The second-order valence-electron chi connectivity index (χ2n) is 5.53. The summed E-state index contributed by atoms with van der Waals surface area (Å²) in [7, 11) is 0. The molecule has 4 heteroatoms. The minimum Gasteiger partial charge on any atom is -0.383 e. The van der Waals surface area contributed by atoms with Gasteiger partial charge < -0.3 is 10.6 Å². The Labute approximate surface area is 136 Å². The lowest BCUT2D eigenvalue weighted by Gasteiger charge is -2.12. The third kappa shape index (κ3) is 4.50. The van der Waals surface area contributed by atoms with E-state index >= 15 is 0 Å². The molecule has 0 spiro atoms. The lowest BCUT2D eigenvalue weighted by Crippen LogP contribution is -2.16. The Balaban J connectivity index is 1.86. The third-order valence-corrected chi connectivity index (χ3v) is 3.72. The van der Waals surface area contributed by atoms with Gasteiger partial charge in [-0.2, -0.15) is 0 Å². The highest BCUT2D eigenvalue weighted by Crippen LogP contribution is 2.27. The van der Waals surface area contributed by atoms with Crippen molar-refractivity contribution in [3.05, 3.63) is 58.1 Å². The van der Waals surface area contributed by atoms with Gasteiger partial charge in [-0.15, -0.1) is 0 Å². The molecule has 116 valence electrons. The summed E-state index contributed by atoms with van der Waals surface area (Å²) in [5.74, 6) is -0.0164. The van der Waals surface area contributed by atoms with Crippen LogP contribution in [0.5, 0.6) is 0 Å². The minimum absolute atomic E-state index is 0.0164. The molecule has 0 radical (unpaired) electrons. The summed E-state index contributed by atoms with van der Waals surface area (Å²) in [6.45, 7) is 6.58. The fraction of sp³-hybridized carbons (Fsp3) is 0.278. The van der Waals surface area contributed by atoms with Crippen molar-refractivity contribution in [2.24, 2.45) is 0 Å². The Morgan fingerprint density at radius 2 is 1.73 bits per heavy atom. The van der Waals surface area contributed by atoms with E-state index in [2.05, 4.69) is 16.7 Å². The summed E-state index contributed by atoms with van der Waals surface area (Å²) in [5.41, 5.74) is 5.11. The van der Waals surface area contributed by atoms with Crippen molar-refractivity contribution >= 4 is 28.9 Å². The van der Waals surface area contributed by atoms with Crippen molar-refractivity contribution in [3.63, 3.8) is 0 Å². The van der Waals surface area contributed by atoms with Gasteiger partial charge in [0.1, 0.15) is 0 Å². The zero-order valence-electron chi connectivity index (χ0n) is 13.2. The Hall–Kier alpha value is -2.00. The van der Waals surface area contributed by atoms with E-state index in [0.717, 1.165) is 22.5 Å². The van der Waals surface area contributed by atoms with Crippen molar-refractivity contribution in [2.45, 2.75) is 27.2 Å². The van der Waals surface area contributed by atoms with Gasteiger partial charge in [0.2, 0.25) is 5.91 Å². The van der Waals surface area contributed by atoms with E-state index in [9.17, 15) is 4.79 Å². The average molecular weight is 317 g/mol. The number of carbonyl (C=O) groups excluding carboxylic acids is 1. The zero-order valence-corrected chi connectivity index (χ0v) is 13.9. The van der Waals surface area contributed by atoms with Crippen LogP contribution in [0.1, 0.15) is 23.1 Å². The van der Waals surface area contributed by atoms with Gasteiger partial charge in [-0.05, 0) is 50.1 Å². The molecule has 0 aliphatic heterocycles. The van der Waals surface area contributed by atoms with Gasteiger partial charge in [0.25, 0.3) is 0 Å². The molecule has 0 bridgehead atoms. The monoisotopic (exact) mass is 316 g/mol. The molecule has 0 saturated carbocycles. The van der Waals surface area contributed by atoms with Crippen LogP contribution in [0.3, 0.4) is 0 Å². The first-order valence-corrected chi connectivity index (χ1v) is 7.70. The van der Waals surface area contributed by atoms with Crippen LogP contribution in [0, 0.1) is 20.8 Å². The number of anilines is 2. The molecule has 0 saturated heterocycles. The maximum atomic E-state index is 11.9. The van der Waals surface area contributed by atoms with Gasteiger partial charge in [-0.3, -0.25) is 4.79 Å². The predicted octanol–water partition coefficient (Wildman–Crippen LogP) is 4.71. The van der Waals surface area contributed by atoms with Crippen LogP contribution in [0.4, 0.5) is 11.4 Å². The second kappa shape index (κ2) is 7.32. The number of hydrogen-bond donors (Lipinski definition) is 2. The van der Waals surface area contributed by atoms with E-state index in [0.29, 0.717) is 18.0 Å². The summed E-state index contributed by atoms with van der Waals surface area (Å²) in [4.78, 5) is 11.9. The molecule has 0 aromatic heterocycles. The lowest BCUT2D eigenvalue weighted by molar-refractivity contribution is -0.115. The van der Waals surface area contributed by atoms with Gasteiger partial charge >= 0.3 is 0 Å². The quantitative estimate of drug-likeness (QED) is 0.839. The van der Waals surface area contributed by atoms with Crippen LogP contribution in [-0.2, 0) is 4.79 Å². The average Bonchev–Trinajstić information content (AvgIpc) is 2.44. The number of hydrogen-bond acceptors (Lipinski definition) is 2. The first-order chi connectivity index (χ1) is 10.5. The standard InChI is InChI=1S/C18H21ClN2O/c1-12-4-6-15(7-5-12)21-17(22)8-9-20-18-14(3)10-13(2)11-16(18)19/h4-7,10-11,20H,8-9H2,1-3H3,(H,21,22). The Morgan fingerprint density at radius 3 is 2.36 bits per heavy atom. The zero-order chi connectivity index (χ0) is 16.1. The number of carbonyl (C=O) groups is 1.